The Morgan fingerprint density at radius 3 is 2.48 bits per heavy atom. The van der Waals surface area contributed by atoms with Gasteiger partial charge < -0.3 is 10.2 Å². The number of likely N-dealkylation sites (tertiary alicyclic amines) is 1. The number of hydrogen-bond donors (Lipinski definition) is 1. The van der Waals surface area contributed by atoms with Gasteiger partial charge in [-0.3, -0.25) is 4.79 Å². The number of benzene rings is 1. The van der Waals surface area contributed by atoms with Crippen molar-refractivity contribution in [3.05, 3.63) is 28.3 Å². The second kappa shape index (κ2) is 9.18. The lowest BCUT2D eigenvalue weighted by Crippen LogP contribution is -2.42. The average Bonchev–Trinajstić information content (AvgIpc) is 2.60. The molecular formula is C20H28ClF3N2O. The van der Waals surface area contributed by atoms with E-state index in [1.165, 1.54) is 13.1 Å². The second-order valence-corrected chi connectivity index (χ2v) is 7.85. The van der Waals surface area contributed by atoms with Gasteiger partial charge in [0.15, 0.2) is 0 Å². The molecule has 0 saturated carbocycles. The fourth-order valence-electron chi connectivity index (χ4n) is 3.69. The maximum absolute atomic E-state index is 13.4. The van der Waals surface area contributed by atoms with E-state index in [1.54, 1.807) is 0 Å². The van der Waals surface area contributed by atoms with E-state index in [0.717, 1.165) is 38.4 Å². The minimum absolute atomic E-state index is 0.0248. The lowest BCUT2D eigenvalue weighted by atomic mass is 9.91. The molecule has 1 saturated heterocycles. The topological polar surface area (TPSA) is 32.3 Å². The van der Waals surface area contributed by atoms with E-state index in [2.05, 4.69) is 12.2 Å². The van der Waals surface area contributed by atoms with Crippen molar-refractivity contribution in [1.82, 2.24) is 4.90 Å². The number of anilines is 1. The van der Waals surface area contributed by atoms with Gasteiger partial charge >= 0.3 is 6.18 Å². The monoisotopic (exact) mass is 404 g/mol. The van der Waals surface area contributed by atoms with Crippen LogP contribution in [-0.4, -0.2) is 30.9 Å². The summed E-state index contributed by atoms with van der Waals surface area (Å²) >= 11 is 6.09. The summed E-state index contributed by atoms with van der Waals surface area (Å²) in [6.07, 6.45) is -0.833. The lowest BCUT2D eigenvalue weighted by Gasteiger charge is -2.33. The van der Waals surface area contributed by atoms with Crippen LogP contribution < -0.4 is 5.32 Å². The molecular weight excluding hydrogens is 377 g/mol. The summed E-state index contributed by atoms with van der Waals surface area (Å²) in [6.45, 7) is 5.62. The van der Waals surface area contributed by atoms with Gasteiger partial charge in [-0.1, -0.05) is 31.9 Å². The third-order valence-electron chi connectivity index (χ3n) is 5.27. The molecule has 1 aliphatic rings. The van der Waals surface area contributed by atoms with Crippen molar-refractivity contribution < 1.29 is 18.0 Å². The standard InChI is InChI=1S/C20H28ClF3N2O/c1-4-5-15(19(27)26-8-6-13(2)7-9-26)10-14-11-16(20(22,23)24)18(25-3)17(21)12-14/h11-13,15,25H,4-10H2,1-3H3/t15-/m1/s1. The Kier molecular flexibility index (Phi) is 7.43. The van der Waals surface area contributed by atoms with Crippen molar-refractivity contribution >= 4 is 23.2 Å². The first-order valence-corrected chi connectivity index (χ1v) is 9.91. The first kappa shape index (κ1) is 21.9. The van der Waals surface area contributed by atoms with Crippen LogP contribution in [0, 0.1) is 11.8 Å². The van der Waals surface area contributed by atoms with E-state index < -0.39 is 11.7 Å². The van der Waals surface area contributed by atoms with Crippen molar-refractivity contribution in [1.29, 1.82) is 0 Å². The Balaban J connectivity index is 2.25. The maximum atomic E-state index is 13.4. The van der Waals surface area contributed by atoms with Gasteiger partial charge in [0.05, 0.1) is 16.3 Å². The number of amides is 1. The summed E-state index contributed by atoms with van der Waals surface area (Å²) in [5, 5.41) is 2.55. The van der Waals surface area contributed by atoms with Crippen LogP contribution in [-0.2, 0) is 17.4 Å². The molecule has 3 nitrogen and oxygen atoms in total. The average molecular weight is 405 g/mol. The van der Waals surface area contributed by atoms with Gasteiger partial charge in [0.2, 0.25) is 5.91 Å². The fourth-order valence-corrected chi connectivity index (χ4v) is 4.03. The fraction of sp³-hybridized carbons (Fsp3) is 0.650. The van der Waals surface area contributed by atoms with E-state index in [-0.39, 0.29) is 29.0 Å². The Morgan fingerprint density at radius 1 is 1.33 bits per heavy atom. The van der Waals surface area contributed by atoms with Crippen LogP contribution in [0.15, 0.2) is 12.1 Å². The molecule has 1 aromatic rings. The highest BCUT2D eigenvalue weighted by atomic mass is 35.5. The molecule has 7 heteroatoms. The van der Waals surface area contributed by atoms with Crippen LogP contribution in [0.1, 0.15) is 50.7 Å². The van der Waals surface area contributed by atoms with E-state index in [9.17, 15) is 18.0 Å². The first-order chi connectivity index (χ1) is 12.7. The molecule has 2 rings (SSSR count). The lowest BCUT2D eigenvalue weighted by molar-refractivity contribution is -0.137. The molecule has 27 heavy (non-hydrogen) atoms. The summed E-state index contributed by atoms with van der Waals surface area (Å²) in [5.74, 6) is 0.341. The predicted molar refractivity (Wildman–Crippen MR) is 103 cm³/mol. The van der Waals surface area contributed by atoms with Gasteiger partial charge in [-0.05, 0) is 49.3 Å². The molecule has 1 fully saturated rings. The molecule has 1 aliphatic heterocycles. The Hall–Kier alpha value is -1.43. The number of halogens is 4. The van der Waals surface area contributed by atoms with Gasteiger partial charge in [0.1, 0.15) is 0 Å². The smallest absolute Gasteiger partial charge is 0.386 e. The third kappa shape index (κ3) is 5.53. The van der Waals surface area contributed by atoms with E-state index >= 15 is 0 Å². The summed E-state index contributed by atoms with van der Waals surface area (Å²) in [4.78, 5) is 14.8. The van der Waals surface area contributed by atoms with Crippen LogP contribution in [0.4, 0.5) is 18.9 Å². The quantitative estimate of drug-likeness (QED) is 0.667. The molecule has 1 amide bonds. The van der Waals surface area contributed by atoms with E-state index in [1.807, 2.05) is 11.8 Å². The van der Waals surface area contributed by atoms with Crippen LogP contribution in [0.5, 0.6) is 0 Å². The number of piperidine rings is 1. The zero-order chi connectivity index (χ0) is 20.2. The minimum Gasteiger partial charge on any atom is -0.386 e. The van der Waals surface area contributed by atoms with Crippen molar-refractivity contribution in [3.63, 3.8) is 0 Å². The molecule has 0 aromatic heterocycles. The molecule has 1 N–H and O–H groups in total. The number of rotatable bonds is 6. The highest BCUT2D eigenvalue weighted by Gasteiger charge is 2.35. The number of alkyl halides is 3. The number of carbonyl (C=O) groups is 1. The molecule has 0 bridgehead atoms. The normalized spacial score (nSPS) is 17.1. The summed E-state index contributed by atoms with van der Waals surface area (Å²) in [6, 6.07) is 2.66. The minimum atomic E-state index is -4.51. The zero-order valence-electron chi connectivity index (χ0n) is 16.1. The largest absolute Gasteiger partial charge is 0.418 e. The van der Waals surface area contributed by atoms with Gasteiger partial charge in [0.25, 0.3) is 0 Å². The van der Waals surface area contributed by atoms with Crippen LogP contribution >= 0.6 is 11.6 Å². The van der Waals surface area contributed by atoms with Gasteiger partial charge in [-0.2, -0.15) is 13.2 Å². The maximum Gasteiger partial charge on any atom is 0.418 e. The number of nitrogens with one attached hydrogen (secondary N) is 1. The zero-order valence-corrected chi connectivity index (χ0v) is 16.9. The molecule has 1 heterocycles. The molecule has 1 atom stereocenters. The number of carbonyl (C=O) groups excluding carboxylic acids is 1. The van der Waals surface area contributed by atoms with Crippen molar-refractivity contribution in [2.24, 2.45) is 11.8 Å². The first-order valence-electron chi connectivity index (χ1n) is 9.53. The molecule has 0 aliphatic carbocycles. The predicted octanol–water partition coefficient (Wildman–Crippen LogP) is 5.62. The van der Waals surface area contributed by atoms with Crippen molar-refractivity contribution in [3.8, 4) is 0 Å². The van der Waals surface area contributed by atoms with Crippen LogP contribution in [0.3, 0.4) is 0 Å². The van der Waals surface area contributed by atoms with Gasteiger partial charge in [0, 0.05) is 26.1 Å². The van der Waals surface area contributed by atoms with Crippen molar-refractivity contribution in [2.45, 2.75) is 52.1 Å². The molecule has 0 unspecified atom stereocenters. The van der Waals surface area contributed by atoms with Crippen molar-refractivity contribution in [2.75, 3.05) is 25.5 Å². The summed E-state index contributed by atoms with van der Waals surface area (Å²) in [7, 11) is 1.41. The third-order valence-corrected chi connectivity index (χ3v) is 5.57. The summed E-state index contributed by atoms with van der Waals surface area (Å²) in [5.41, 5.74) is -0.471. The van der Waals surface area contributed by atoms with Gasteiger partial charge in [-0.15, -0.1) is 0 Å². The molecule has 0 radical (unpaired) electrons. The van der Waals surface area contributed by atoms with E-state index in [0.29, 0.717) is 17.9 Å². The SMILES string of the molecule is CCC[C@H](Cc1cc(Cl)c(NC)c(C(F)(F)F)c1)C(=O)N1CCC(C)CC1. The number of hydrogen-bond acceptors (Lipinski definition) is 2. The van der Waals surface area contributed by atoms with Crippen LogP contribution in [0.2, 0.25) is 5.02 Å². The Morgan fingerprint density at radius 2 is 1.96 bits per heavy atom. The van der Waals surface area contributed by atoms with Crippen LogP contribution in [0.25, 0.3) is 0 Å². The number of nitrogens with zero attached hydrogens (tertiary/aromatic N) is 1. The van der Waals surface area contributed by atoms with Gasteiger partial charge in [-0.25, -0.2) is 0 Å². The molecule has 1 aromatic carbocycles. The van der Waals surface area contributed by atoms with E-state index in [4.69, 9.17) is 11.6 Å². The molecule has 152 valence electrons. The Bertz CT molecular complexity index is 655. The Labute approximate surface area is 164 Å². The molecule has 0 spiro atoms. The highest BCUT2D eigenvalue weighted by Crippen LogP contribution is 2.40. The highest BCUT2D eigenvalue weighted by molar-refractivity contribution is 6.33. The summed E-state index contributed by atoms with van der Waals surface area (Å²) < 4.78 is 40.2. The second-order valence-electron chi connectivity index (χ2n) is 7.45.